The first-order chi connectivity index (χ1) is 12.1. The highest BCUT2D eigenvalue weighted by atomic mass is 16.6. The van der Waals surface area contributed by atoms with Crippen LogP contribution in [0.1, 0.15) is 44.6 Å². The molecule has 0 unspecified atom stereocenters. The molecule has 1 N–H and O–H groups in total. The number of nitrogens with one attached hydrogen (secondary N) is 1. The number of hydrogen-bond donors (Lipinski definition) is 1. The van der Waals surface area contributed by atoms with E-state index in [1.807, 2.05) is 37.3 Å². The van der Waals surface area contributed by atoms with E-state index in [0.29, 0.717) is 19.4 Å². The van der Waals surface area contributed by atoms with Crippen LogP contribution in [0.15, 0.2) is 42.5 Å². The first kappa shape index (κ1) is 19.2. The Kier molecular flexibility index (Phi) is 7.19. The first-order valence-electron chi connectivity index (χ1n) is 8.90. The Balaban J connectivity index is 2.00. The van der Waals surface area contributed by atoms with Crippen LogP contribution in [-0.2, 0) is 24.7 Å². The minimum absolute atomic E-state index is 0.133. The molecule has 25 heavy (non-hydrogen) atoms. The van der Waals surface area contributed by atoms with Crippen molar-refractivity contribution in [3.8, 4) is 0 Å². The molecule has 0 amide bonds. The van der Waals surface area contributed by atoms with Gasteiger partial charge in [0.15, 0.2) is 0 Å². The van der Waals surface area contributed by atoms with Crippen LogP contribution < -0.4 is 5.32 Å². The minimum Gasteiger partial charge on any atom is -0.465 e. The molecule has 1 aromatic carbocycles. The van der Waals surface area contributed by atoms with E-state index in [2.05, 4.69) is 11.9 Å². The number of ether oxygens (including phenoxy) is 2. The molecule has 0 atom stereocenters. The van der Waals surface area contributed by atoms with Gasteiger partial charge in [-0.2, -0.15) is 0 Å². The van der Waals surface area contributed by atoms with Crippen LogP contribution in [0, 0.1) is 0 Å². The summed E-state index contributed by atoms with van der Waals surface area (Å²) in [7, 11) is 0. The number of carbonyl (C=O) groups is 2. The summed E-state index contributed by atoms with van der Waals surface area (Å²) in [5, 5.41) is 3.28. The second kappa shape index (κ2) is 9.37. The maximum atomic E-state index is 12.5. The molecular weight excluding hydrogens is 318 g/mol. The Morgan fingerprint density at radius 2 is 1.88 bits per heavy atom. The Hall–Kier alpha value is -2.14. The van der Waals surface area contributed by atoms with E-state index in [9.17, 15) is 9.59 Å². The summed E-state index contributed by atoms with van der Waals surface area (Å²) in [5.74, 6) is -0.965. The predicted octanol–water partition coefficient (Wildman–Crippen LogP) is 3.10. The molecule has 0 aliphatic carbocycles. The number of carbonyl (C=O) groups excluding carboxylic acids is 2. The van der Waals surface area contributed by atoms with Gasteiger partial charge >= 0.3 is 11.9 Å². The highest BCUT2D eigenvalue weighted by Gasteiger charge is 2.38. The lowest BCUT2D eigenvalue weighted by Crippen LogP contribution is -2.43. The lowest BCUT2D eigenvalue weighted by molar-refractivity contribution is -0.160. The van der Waals surface area contributed by atoms with Crippen molar-refractivity contribution in [3.05, 3.63) is 48.0 Å². The van der Waals surface area contributed by atoms with Crippen LogP contribution in [0.25, 0.3) is 0 Å². The maximum Gasteiger partial charge on any atom is 0.334 e. The average Bonchev–Trinajstić information content (AvgIpc) is 2.63. The SMILES string of the molecule is C=C(CC(=O)OCCCC)C(=O)OC1(c2ccccc2)CCNCC1. The molecular formula is C20H27NO4. The Labute approximate surface area is 149 Å². The van der Waals surface area contributed by atoms with Crippen LogP contribution in [0.3, 0.4) is 0 Å². The zero-order valence-electron chi connectivity index (χ0n) is 14.9. The van der Waals surface area contributed by atoms with Crippen molar-refractivity contribution in [1.82, 2.24) is 5.32 Å². The smallest absolute Gasteiger partial charge is 0.334 e. The lowest BCUT2D eigenvalue weighted by Gasteiger charge is -2.37. The molecule has 1 aromatic rings. The number of unbranched alkanes of at least 4 members (excludes halogenated alkanes) is 1. The minimum atomic E-state index is -0.668. The van der Waals surface area contributed by atoms with Crippen molar-refractivity contribution in [2.45, 2.75) is 44.6 Å². The topological polar surface area (TPSA) is 64.6 Å². The molecule has 1 heterocycles. The summed E-state index contributed by atoms with van der Waals surface area (Å²) < 4.78 is 11.0. The summed E-state index contributed by atoms with van der Waals surface area (Å²) in [5.41, 5.74) is 0.442. The third-order valence-electron chi connectivity index (χ3n) is 4.41. The molecule has 0 radical (unpaired) electrons. The van der Waals surface area contributed by atoms with Crippen LogP contribution in [0.2, 0.25) is 0 Å². The van der Waals surface area contributed by atoms with Crippen LogP contribution in [0.5, 0.6) is 0 Å². The van der Waals surface area contributed by atoms with Crippen molar-refractivity contribution in [3.63, 3.8) is 0 Å². The van der Waals surface area contributed by atoms with Gasteiger partial charge in [-0.05, 0) is 25.1 Å². The van der Waals surface area contributed by atoms with Crippen molar-refractivity contribution in [2.75, 3.05) is 19.7 Å². The molecule has 1 saturated heterocycles. The molecule has 0 saturated carbocycles. The van der Waals surface area contributed by atoms with E-state index in [1.165, 1.54) is 0 Å². The second-order valence-electron chi connectivity index (χ2n) is 6.35. The largest absolute Gasteiger partial charge is 0.465 e. The molecule has 5 nitrogen and oxygen atoms in total. The van der Waals surface area contributed by atoms with Gasteiger partial charge in [0, 0.05) is 18.4 Å². The molecule has 1 fully saturated rings. The van der Waals surface area contributed by atoms with Gasteiger partial charge in [0.1, 0.15) is 5.60 Å². The molecule has 0 spiro atoms. The van der Waals surface area contributed by atoms with E-state index < -0.39 is 17.5 Å². The first-order valence-corrected chi connectivity index (χ1v) is 8.90. The zero-order valence-corrected chi connectivity index (χ0v) is 14.9. The van der Waals surface area contributed by atoms with Gasteiger partial charge in [0.2, 0.25) is 0 Å². The van der Waals surface area contributed by atoms with Gasteiger partial charge in [-0.25, -0.2) is 4.79 Å². The number of rotatable bonds is 8. The van der Waals surface area contributed by atoms with Crippen LogP contribution in [0.4, 0.5) is 0 Å². The molecule has 0 aromatic heterocycles. The van der Waals surface area contributed by atoms with Crippen molar-refractivity contribution in [2.24, 2.45) is 0 Å². The third-order valence-corrected chi connectivity index (χ3v) is 4.41. The number of benzene rings is 1. The molecule has 2 rings (SSSR count). The predicted molar refractivity (Wildman–Crippen MR) is 95.9 cm³/mol. The summed E-state index contributed by atoms with van der Waals surface area (Å²) in [4.78, 5) is 24.3. The van der Waals surface area contributed by atoms with Crippen molar-refractivity contribution < 1.29 is 19.1 Å². The Morgan fingerprint density at radius 3 is 2.52 bits per heavy atom. The van der Waals surface area contributed by atoms with E-state index in [-0.39, 0.29) is 12.0 Å². The zero-order chi connectivity index (χ0) is 18.1. The summed E-state index contributed by atoms with van der Waals surface area (Å²) >= 11 is 0. The summed E-state index contributed by atoms with van der Waals surface area (Å²) in [6.07, 6.45) is 3.01. The van der Waals surface area contributed by atoms with Gasteiger partial charge in [0.25, 0.3) is 0 Å². The fraction of sp³-hybridized carbons (Fsp3) is 0.500. The second-order valence-corrected chi connectivity index (χ2v) is 6.35. The summed E-state index contributed by atoms with van der Waals surface area (Å²) in [6.45, 7) is 7.66. The third kappa shape index (κ3) is 5.43. The Bertz CT molecular complexity index is 591. The molecule has 136 valence electrons. The van der Waals surface area contributed by atoms with Gasteiger partial charge in [-0.1, -0.05) is 50.3 Å². The monoisotopic (exact) mass is 345 g/mol. The number of piperidine rings is 1. The molecule has 1 aliphatic heterocycles. The van der Waals surface area contributed by atoms with Gasteiger partial charge in [-0.15, -0.1) is 0 Å². The fourth-order valence-corrected chi connectivity index (χ4v) is 2.90. The van der Waals surface area contributed by atoms with Crippen molar-refractivity contribution >= 4 is 11.9 Å². The molecule has 5 heteroatoms. The fourth-order valence-electron chi connectivity index (χ4n) is 2.90. The van der Waals surface area contributed by atoms with E-state index in [4.69, 9.17) is 9.47 Å². The van der Waals surface area contributed by atoms with Crippen LogP contribution in [-0.4, -0.2) is 31.6 Å². The molecule has 1 aliphatic rings. The normalized spacial score (nSPS) is 16.0. The highest BCUT2D eigenvalue weighted by molar-refractivity contribution is 5.93. The Morgan fingerprint density at radius 1 is 1.20 bits per heavy atom. The molecule has 0 bridgehead atoms. The lowest BCUT2D eigenvalue weighted by atomic mass is 9.84. The number of hydrogen-bond acceptors (Lipinski definition) is 5. The number of esters is 2. The van der Waals surface area contributed by atoms with Crippen molar-refractivity contribution in [1.29, 1.82) is 0 Å². The average molecular weight is 345 g/mol. The van der Waals surface area contributed by atoms with Gasteiger partial charge in [-0.3, -0.25) is 4.79 Å². The highest BCUT2D eigenvalue weighted by Crippen LogP contribution is 2.35. The van der Waals surface area contributed by atoms with Gasteiger partial charge in [0.05, 0.1) is 13.0 Å². The standard InChI is InChI=1S/C20H27NO4/c1-3-4-14-24-18(22)15-16(2)19(23)25-20(10-12-21-13-11-20)17-8-6-5-7-9-17/h5-9,21H,2-4,10-15H2,1H3. The van der Waals surface area contributed by atoms with E-state index >= 15 is 0 Å². The van der Waals surface area contributed by atoms with Crippen LogP contribution >= 0.6 is 0 Å². The maximum absolute atomic E-state index is 12.5. The summed E-state index contributed by atoms with van der Waals surface area (Å²) in [6, 6.07) is 9.76. The van der Waals surface area contributed by atoms with E-state index in [0.717, 1.165) is 31.5 Å². The van der Waals surface area contributed by atoms with E-state index in [1.54, 1.807) is 0 Å². The van der Waals surface area contributed by atoms with Gasteiger partial charge < -0.3 is 14.8 Å². The quantitative estimate of drug-likeness (QED) is 0.446.